The lowest BCUT2D eigenvalue weighted by atomic mass is 9.63. The number of hydrogen-bond donors (Lipinski definition) is 2. The number of alkyl halides is 2. The first-order valence-electron chi connectivity index (χ1n) is 10.3. The second-order valence-electron chi connectivity index (χ2n) is 9.56. The van der Waals surface area contributed by atoms with E-state index in [1.807, 2.05) is 18.2 Å². The van der Waals surface area contributed by atoms with E-state index in [1.54, 1.807) is 0 Å². The number of nitrogens with one attached hydrogen (secondary N) is 2. The predicted molar refractivity (Wildman–Crippen MR) is 99.8 cm³/mol. The summed E-state index contributed by atoms with van der Waals surface area (Å²) in [6.07, 6.45) is 3.59. The first-order valence-corrected chi connectivity index (χ1v) is 10.3. The number of piperidine rings is 1. The van der Waals surface area contributed by atoms with Gasteiger partial charge in [-0.05, 0) is 62.0 Å². The Labute approximate surface area is 159 Å². The fourth-order valence-electron chi connectivity index (χ4n) is 7.21. The normalized spacial score (nSPS) is 45.2. The topological polar surface area (TPSA) is 41.1 Å². The summed E-state index contributed by atoms with van der Waals surface area (Å²) in [5.41, 5.74) is -0.110. The van der Waals surface area contributed by atoms with Crippen LogP contribution in [0.1, 0.15) is 44.1 Å². The monoisotopic (exact) mass is 374 g/mol. The summed E-state index contributed by atoms with van der Waals surface area (Å²) in [4.78, 5) is 13.5. The average Bonchev–Trinajstić information content (AvgIpc) is 3.04. The van der Waals surface area contributed by atoms with Gasteiger partial charge in [0.15, 0.2) is 0 Å². The second-order valence-corrected chi connectivity index (χ2v) is 9.56. The smallest absolute Gasteiger partial charge is 0.227 e. The van der Waals surface area contributed by atoms with Crippen LogP contribution in [0.2, 0.25) is 0 Å². The summed E-state index contributed by atoms with van der Waals surface area (Å²) in [5.74, 6) is 0.304. The number of carbonyl (C=O) groups excluding carboxylic acids is 1. The highest BCUT2D eigenvalue weighted by atomic mass is 19.1. The zero-order valence-electron chi connectivity index (χ0n) is 15.6. The van der Waals surface area contributed by atoms with Crippen LogP contribution in [0.5, 0.6) is 0 Å². The second kappa shape index (κ2) is 6.00. The fraction of sp³-hybridized carbons (Fsp3) is 0.682. The molecule has 1 aromatic carbocycles. The molecule has 146 valence electrons. The quantitative estimate of drug-likeness (QED) is 0.849. The summed E-state index contributed by atoms with van der Waals surface area (Å²) in [6, 6.07) is 9.90. The molecular formula is C22H28F2N2O. The Morgan fingerprint density at radius 2 is 2.00 bits per heavy atom. The minimum atomic E-state index is -1.07. The Bertz CT molecular complexity index is 743. The van der Waals surface area contributed by atoms with Gasteiger partial charge < -0.3 is 10.6 Å². The van der Waals surface area contributed by atoms with Crippen LogP contribution in [-0.2, 0) is 10.2 Å². The molecule has 5 heteroatoms. The molecule has 3 nitrogen and oxygen atoms in total. The highest BCUT2D eigenvalue weighted by Gasteiger charge is 2.74. The van der Waals surface area contributed by atoms with Gasteiger partial charge in [-0.3, -0.25) is 9.18 Å². The van der Waals surface area contributed by atoms with Crippen molar-refractivity contribution in [2.75, 3.05) is 19.8 Å². The number of halogens is 2. The Hall–Kier alpha value is -1.49. The molecule has 4 saturated carbocycles. The lowest BCUT2D eigenvalue weighted by Crippen LogP contribution is -2.56. The maximum absolute atomic E-state index is 14.5. The Kier molecular flexibility index (Phi) is 3.91. The van der Waals surface area contributed by atoms with Crippen LogP contribution in [0.15, 0.2) is 30.3 Å². The van der Waals surface area contributed by atoms with E-state index in [4.69, 9.17) is 0 Å². The first-order chi connectivity index (χ1) is 13.0. The van der Waals surface area contributed by atoms with E-state index in [0.29, 0.717) is 25.3 Å². The lowest BCUT2D eigenvalue weighted by Gasteiger charge is -2.41. The van der Waals surface area contributed by atoms with E-state index in [0.717, 1.165) is 25.7 Å². The molecule has 1 amide bonds. The third-order valence-corrected chi connectivity index (χ3v) is 8.13. The molecule has 1 saturated heterocycles. The number of rotatable bonds is 4. The fourth-order valence-corrected chi connectivity index (χ4v) is 7.21. The van der Waals surface area contributed by atoms with Crippen LogP contribution in [-0.4, -0.2) is 37.9 Å². The molecule has 2 N–H and O–H groups in total. The lowest BCUT2D eigenvalue weighted by molar-refractivity contribution is -0.138. The third kappa shape index (κ3) is 2.36. The van der Waals surface area contributed by atoms with Crippen molar-refractivity contribution in [2.45, 2.75) is 56.2 Å². The average molecular weight is 374 g/mol. The van der Waals surface area contributed by atoms with Crippen molar-refractivity contribution < 1.29 is 13.6 Å². The van der Waals surface area contributed by atoms with Crippen molar-refractivity contribution in [3.63, 3.8) is 0 Å². The van der Waals surface area contributed by atoms with Gasteiger partial charge in [0.05, 0.1) is 18.1 Å². The highest BCUT2D eigenvalue weighted by Crippen LogP contribution is 2.76. The summed E-state index contributed by atoms with van der Waals surface area (Å²) >= 11 is 0. The standard InChI is InChI=1S/C22H28F2N2O/c23-14-21-9-15-8-20(12-21,16-4-2-1-3-5-16)13-22(21,10-15)19(27)26-18-6-7-25-11-17(18)24/h1-5,15,17-18,25H,6-14H2,(H,26,27)/t15?,17-,18-,20-,21-,22?/m1/s1. The van der Waals surface area contributed by atoms with Crippen molar-refractivity contribution in [3.8, 4) is 0 Å². The number of benzene rings is 1. The molecule has 6 rings (SSSR count). The van der Waals surface area contributed by atoms with E-state index in [9.17, 15) is 13.6 Å². The molecule has 4 bridgehead atoms. The van der Waals surface area contributed by atoms with Gasteiger partial charge in [0.25, 0.3) is 0 Å². The molecule has 1 aromatic rings. The highest BCUT2D eigenvalue weighted by molar-refractivity contribution is 5.86. The number of amides is 1. The first kappa shape index (κ1) is 17.6. The number of carbonyl (C=O) groups is 1. The minimum Gasteiger partial charge on any atom is -0.350 e. The molecule has 0 aromatic heterocycles. The number of hydrogen-bond acceptors (Lipinski definition) is 2. The van der Waals surface area contributed by atoms with Gasteiger partial charge in [-0.2, -0.15) is 0 Å². The Morgan fingerprint density at radius 3 is 2.74 bits per heavy atom. The Balaban J connectivity index is 1.49. The molecule has 1 aliphatic heterocycles. The van der Waals surface area contributed by atoms with Crippen molar-refractivity contribution in [2.24, 2.45) is 16.7 Å². The van der Waals surface area contributed by atoms with E-state index >= 15 is 0 Å². The van der Waals surface area contributed by atoms with Gasteiger partial charge in [-0.25, -0.2) is 4.39 Å². The summed E-state index contributed by atoms with van der Waals surface area (Å²) < 4.78 is 28.8. The minimum absolute atomic E-state index is 0.0882. The molecule has 0 spiro atoms. The maximum atomic E-state index is 14.5. The molecule has 5 fully saturated rings. The molecule has 0 radical (unpaired) electrons. The predicted octanol–water partition coefficient (Wildman–Crippen LogP) is 3.29. The largest absolute Gasteiger partial charge is 0.350 e. The summed E-state index contributed by atoms with van der Waals surface area (Å²) in [5, 5.41) is 6.05. The van der Waals surface area contributed by atoms with Gasteiger partial charge in [-0.15, -0.1) is 0 Å². The molecule has 4 aliphatic carbocycles. The zero-order chi connectivity index (χ0) is 18.7. The molecule has 1 heterocycles. The van der Waals surface area contributed by atoms with E-state index in [-0.39, 0.29) is 17.9 Å². The zero-order valence-corrected chi connectivity index (χ0v) is 15.6. The van der Waals surface area contributed by atoms with Crippen LogP contribution < -0.4 is 10.6 Å². The van der Waals surface area contributed by atoms with Crippen molar-refractivity contribution in [1.29, 1.82) is 0 Å². The van der Waals surface area contributed by atoms with E-state index in [2.05, 4.69) is 22.8 Å². The van der Waals surface area contributed by atoms with Crippen LogP contribution in [0.3, 0.4) is 0 Å². The SMILES string of the molecule is O=C(N[C@@H]1CCNC[C@H]1F)C12CC3C[C@](c4ccccc4)(C1)C[C@@]2(CF)C3. The van der Waals surface area contributed by atoms with Crippen LogP contribution in [0.4, 0.5) is 8.78 Å². The van der Waals surface area contributed by atoms with Gasteiger partial charge in [0.1, 0.15) is 6.17 Å². The van der Waals surface area contributed by atoms with Crippen molar-refractivity contribution in [1.82, 2.24) is 10.6 Å². The van der Waals surface area contributed by atoms with E-state index < -0.39 is 29.7 Å². The molecule has 6 atom stereocenters. The molecule has 5 aliphatic rings. The summed E-state index contributed by atoms with van der Waals surface area (Å²) in [6.45, 7) is 0.544. The molecular weight excluding hydrogens is 346 g/mol. The molecule has 27 heavy (non-hydrogen) atoms. The van der Waals surface area contributed by atoms with Crippen molar-refractivity contribution in [3.05, 3.63) is 35.9 Å². The van der Waals surface area contributed by atoms with Crippen LogP contribution in [0, 0.1) is 16.7 Å². The van der Waals surface area contributed by atoms with E-state index in [1.165, 1.54) is 5.56 Å². The third-order valence-electron chi connectivity index (χ3n) is 8.13. The van der Waals surface area contributed by atoms with Gasteiger partial charge >= 0.3 is 0 Å². The van der Waals surface area contributed by atoms with Crippen LogP contribution >= 0.6 is 0 Å². The maximum Gasteiger partial charge on any atom is 0.227 e. The summed E-state index contributed by atoms with van der Waals surface area (Å²) in [7, 11) is 0. The van der Waals surface area contributed by atoms with Crippen LogP contribution in [0.25, 0.3) is 0 Å². The molecule has 2 unspecified atom stereocenters. The van der Waals surface area contributed by atoms with Gasteiger partial charge in [0, 0.05) is 12.0 Å². The van der Waals surface area contributed by atoms with Gasteiger partial charge in [0.2, 0.25) is 5.91 Å². The van der Waals surface area contributed by atoms with Crippen molar-refractivity contribution >= 4 is 5.91 Å². The van der Waals surface area contributed by atoms with Gasteiger partial charge in [-0.1, -0.05) is 30.3 Å². The Morgan fingerprint density at radius 1 is 1.19 bits per heavy atom.